The van der Waals surface area contributed by atoms with Crippen LogP contribution in [0.2, 0.25) is 0 Å². The van der Waals surface area contributed by atoms with E-state index in [9.17, 15) is 9.90 Å². The SMILES string of the molecule is CN(C)C=O.[Na+].[O-]c1ccccc1. The average Bonchev–Trinajstić information content (AvgIpc) is 2.07. The van der Waals surface area contributed by atoms with Crippen LogP contribution in [-0.2, 0) is 4.79 Å². The molecule has 0 fully saturated rings. The Hall–Kier alpha value is -0.510. The summed E-state index contributed by atoms with van der Waals surface area (Å²) in [4.78, 5) is 10.9. The molecule has 66 valence electrons. The Bertz CT molecular complexity index is 214. The molecule has 0 radical (unpaired) electrons. The molecule has 1 aromatic rings. The molecule has 0 aromatic heterocycles. The number of benzene rings is 1. The van der Waals surface area contributed by atoms with Gasteiger partial charge in [-0.15, -0.1) is 5.75 Å². The summed E-state index contributed by atoms with van der Waals surface area (Å²) >= 11 is 0. The molecule has 0 aliphatic rings. The Morgan fingerprint density at radius 3 is 1.77 bits per heavy atom. The quantitative estimate of drug-likeness (QED) is 0.361. The zero-order valence-electron chi connectivity index (χ0n) is 8.23. The molecule has 0 atom stereocenters. The Balaban J connectivity index is 0. The van der Waals surface area contributed by atoms with Crippen molar-refractivity contribution in [3.63, 3.8) is 0 Å². The fourth-order valence-corrected chi connectivity index (χ4v) is 0.420. The zero-order chi connectivity index (χ0) is 9.40. The number of hydrogen-bond acceptors (Lipinski definition) is 2. The first-order chi connectivity index (χ1) is 5.66. The second-order valence-corrected chi connectivity index (χ2v) is 2.38. The van der Waals surface area contributed by atoms with Crippen LogP contribution >= 0.6 is 0 Å². The van der Waals surface area contributed by atoms with Crippen molar-refractivity contribution >= 4 is 6.41 Å². The molecule has 0 saturated carbocycles. The molecule has 1 rings (SSSR count). The summed E-state index contributed by atoms with van der Waals surface area (Å²) in [6, 6.07) is 8.33. The Labute approximate surface area is 101 Å². The molecule has 1 amide bonds. The van der Waals surface area contributed by atoms with Crippen LogP contribution in [0.15, 0.2) is 30.3 Å². The summed E-state index contributed by atoms with van der Waals surface area (Å²) in [5.41, 5.74) is 0. The Kier molecular flexibility index (Phi) is 11.0. The summed E-state index contributed by atoms with van der Waals surface area (Å²) < 4.78 is 0. The van der Waals surface area contributed by atoms with Crippen molar-refractivity contribution in [2.24, 2.45) is 0 Å². The number of hydrogen-bond donors (Lipinski definition) is 0. The third-order valence-corrected chi connectivity index (χ3v) is 0.954. The van der Waals surface area contributed by atoms with Crippen LogP contribution in [0.3, 0.4) is 0 Å². The molecule has 4 heteroatoms. The number of rotatable bonds is 1. The van der Waals surface area contributed by atoms with Crippen molar-refractivity contribution in [1.29, 1.82) is 0 Å². The molecule has 0 aliphatic carbocycles. The monoisotopic (exact) mass is 189 g/mol. The molecule has 1 aromatic carbocycles. The van der Waals surface area contributed by atoms with E-state index in [0.29, 0.717) is 0 Å². The van der Waals surface area contributed by atoms with Gasteiger partial charge in [0.25, 0.3) is 0 Å². The minimum absolute atomic E-state index is 0. The number of para-hydroxylation sites is 1. The minimum Gasteiger partial charge on any atom is -0.872 e. The first kappa shape index (κ1) is 15.0. The number of carbonyl (C=O) groups is 1. The first-order valence-electron chi connectivity index (χ1n) is 3.50. The van der Waals surface area contributed by atoms with Crippen molar-refractivity contribution in [3.05, 3.63) is 30.3 Å². The van der Waals surface area contributed by atoms with Crippen LogP contribution in [0.4, 0.5) is 0 Å². The topological polar surface area (TPSA) is 43.4 Å². The van der Waals surface area contributed by atoms with E-state index < -0.39 is 0 Å². The third kappa shape index (κ3) is 11.5. The van der Waals surface area contributed by atoms with Gasteiger partial charge in [0.1, 0.15) is 0 Å². The van der Waals surface area contributed by atoms with Gasteiger partial charge in [-0.25, -0.2) is 0 Å². The molecule has 0 spiro atoms. The second-order valence-electron chi connectivity index (χ2n) is 2.38. The van der Waals surface area contributed by atoms with E-state index in [1.165, 1.54) is 17.0 Å². The van der Waals surface area contributed by atoms with Crippen LogP contribution in [0.25, 0.3) is 0 Å². The smallest absolute Gasteiger partial charge is 0.872 e. The van der Waals surface area contributed by atoms with Gasteiger partial charge in [0.15, 0.2) is 0 Å². The summed E-state index contributed by atoms with van der Waals surface area (Å²) in [5, 5.41) is 10.3. The third-order valence-electron chi connectivity index (χ3n) is 0.954. The molecule has 0 unspecified atom stereocenters. The van der Waals surface area contributed by atoms with Crippen molar-refractivity contribution in [2.45, 2.75) is 0 Å². The summed E-state index contributed by atoms with van der Waals surface area (Å²) in [6.45, 7) is 0. The molecule has 0 aliphatic heterocycles. The molecule has 0 bridgehead atoms. The summed E-state index contributed by atoms with van der Waals surface area (Å²) in [6.07, 6.45) is 0.750. The van der Waals surface area contributed by atoms with E-state index in [1.807, 2.05) is 6.07 Å². The summed E-state index contributed by atoms with van der Waals surface area (Å²) in [7, 11) is 3.38. The molecular formula is C9H12NNaO2. The van der Waals surface area contributed by atoms with Crippen molar-refractivity contribution in [2.75, 3.05) is 14.1 Å². The molecule has 0 N–H and O–H groups in total. The van der Waals surface area contributed by atoms with E-state index in [-0.39, 0.29) is 35.3 Å². The Morgan fingerprint density at radius 2 is 1.62 bits per heavy atom. The van der Waals surface area contributed by atoms with E-state index in [2.05, 4.69) is 0 Å². The predicted molar refractivity (Wildman–Crippen MR) is 45.6 cm³/mol. The Morgan fingerprint density at radius 1 is 1.23 bits per heavy atom. The number of amides is 1. The van der Waals surface area contributed by atoms with E-state index in [0.717, 1.165) is 6.41 Å². The standard InChI is InChI=1S/C6H6O.C3H7NO.Na/c7-6-4-2-1-3-5-6;1-4(2)3-5;/h1-5,7H;3H,1-2H3;/q;;+1/p-1. The number of nitrogens with zero attached hydrogens (tertiary/aromatic N) is 1. The van der Waals surface area contributed by atoms with Crippen molar-refractivity contribution < 1.29 is 39.5 Å². The van der Waals surface area contributed by atoms with Crippen molar-refractivity contribution in [1.82, 2.24) is 4.90 Å². The zero-order valence-corrected chi connectivity index (χ0v) is 10.2. The summed E-state index contributed by atoms with van der Waals surface area (Å²) in [5.74, 6) is 0.0718. The predicted octanol–water partition coefficient (Wildman–Crippen LogP) is -2.53. The molecule has 3 nitrogen and oxygen atoms in total. The molecular weight excluding hydrogens is 177 g/mol. The van der Waals surface area contributed by atoms with Gasteiger partial charge in [0.2, 0.25) is 6.41 Å². The van der Waals surface area contributed by atoms with Gasteiger partial charge in [-0.2, -0.15) is 0 Å². The van der Waals surface area contributed by atoms with Crippen LogP contribution in [-0.4, -0.2) is 25.4 Å². The molecule has 0 saturated heterocycles. The van der Waals surface area contributed by atoms with E-state index in [1.54, 1.807) is 26.2 Å². The van der Waals surface area contributed by atoms with Gasteiger partial charge >= 0.3 is 29.6 Å². The van der Waals surface area contributed by atoms with Gasteiger partial charge in [0.05, 0.1) is 0 Å². The largest absolute Gasteiger partial charge is 1.00 e. The molecule has 0 heterocycles. The normalized spacial score (nSPS) is 7.23. The van der Waals surface area contributed by atoms with Crippen LogP contribution in [0.5, 0.6) is 5.75 Å². The van der Waals surface area contributed by atoms with Crippen LogP contribution in [0.1, 0.15) is 0 Å². The maximum absolute atomic E-state index is 10.3. The van der Waals surface area contributed by atoms with E-state index >= 15 is 0 Å². The average molecular weight is 189 g/mol. The van der Waals surface area contributed by atoms with E-state index in [4.69, 9.17) is 0 Å². The van der Waals surface area contributed by atoms with Crippen molar-refractivity contribution in [3.8, 4) is 5.75 Å². The fourth-order valence-electron chi connectivity index (χ4n) is 0.420. The maximum Gasteiger partial charge on any atom is 1.00 e. The van der Waals surface area contributed by atoms with Gasteiger partial charge in [-0.1, -0.05) is 30.3 Å². The van der Waals surface area contributed by atoms with Crippen LogP contribution in [0, 0.1) is 0 Å². The minimum atomic E-state index is 0. The van der Waals surface area contributed by atoms with Crippen LogP contribution < -0.4 is 34.7 Å². The van der Waals surface area contributed by atoms with Gasteiger partial charge < -0.3 is 10.0 Å². The fraction of sp³-hybridized carbons (Fsp3) is 0.222. The first-order valence-corrected chi connectivity index (χ1v) is 3.50. The number of carbonyl (C=O) groups excluding carboxylic acids is 1. The van der Waals surface area contributed by atoms with Gasteiger partial charge in [-0.05, 0) is 0 Å². The maximum atomic E-state index is 10.3. The van der Waals surface area contributed by atoms with Gasteiger partial charge in [-0.3, -0.25) is 4.79 Å². The molecule has 13 heavy (non-hydrogen) atoms. The second kappa shape index (κ2) is 9.58. The van der Waals surface area contributed by atoms with Gasteiger partial charge in [0, 0.05) is 14.1 Å².